The minimum atomic E-state index is -0.339. The Bertz CT molecular complexity index is 1620. The number of amides is 1. The summed E-state index contributed by atoms with van der Waals surface area (Å²) in [6.07, 6.45) is 1.50. The van der Waals surface area contributed by atoms with Crippen LogP contribution in [-0.4, -0.2) is 41.2 Å². The Morgan fingerprint density at radius 2 is 1.83 bits per heavy atom. The van der Waals surface area contributed by atoms with Crippen LogP contribution >= 0.6 is 11.8 Å². The molecule has 3 aromatic heterocycles. The molecule has 0 saturated heterocycles. The molecule has 0 aliphatic rings. The van der Waals surface area contributed by atoms with Crippen LogP contribution in [0.1, 0.15) is 22.4 Å². The summed E-state index contributed by atoms with van der Waals surface area (Å²) in [5.41, 5.74) is 4.97. The summed E-state index contributed by atoms with van der Waals surface area (Å²) in [5.74, 6) is 1.47. The van der Waals surface area contributed by atoms with Gasteiger partial charge in [0.15, 0.2) is 5.65 Å². The van der Waals surface area contributed by atoms with Gasteiger partial charge >= 0.3 is 0 Å². The van der Waals surface area contributed by atoms with E-state index in [9.17, 15) is 9.59 Å². The first-order chi connectivity index (χ1) is 17.4. The molecular formula is C26H25N7O2S. The molecule has 2 N–H and O–H groups in total. The number of rotatable bonds is 7. The van der Waals surface area contributed by atoms with Crippen LogP contribution in [0.5, 0.6) is 0 Å². The Hall–Kier alpha value is -4.18. The Morgan fingerprint density at radius 3 is 2.61 bits per heavy atom. The number of fused-ring (bicyclic) bond motifs is 1. The van der Waals surface area contributed by atoms with E-state index in [1.54, 1.807) is 10.7 Å². The van der Waals surface area contributed by atoms with Gasteiger partial charge in [0.05, 0.1) is 23.3 Å². The van der Waals surface area contributed by atoms with Crippen LogP contribution in [0.4, 0.5) is 5.82 Å². The number of aromatic nitrogens is 6. The molecule has 10 heteroatoms. The zero-order valence-corrected chi connectivity index (χ0v) is 21.0. The number of thioether (sulfide) groups is 1. The van der Waals surface area contributed by atoms with Crippen LogP contribution in [0.3, 0.4) is 0 Å². The fourth-order valence-electron chi connectivity index (χ4n) is 3.82. The summed E-state index contributed by atoms with van der Waals surface area (Å²) in [4.78, 5) is 33.0. The van der Waals surface area contributed by atoms with Crippen LogP contribution < -0.4 is 10.9 Å². The number of aromatic amines is 1. The highest BCUT2D eigenvalue weighted by molar-refractivity contribution is 7.99. The van der Waals surface area contributed by atoms with Crippen LogP contribution in [0.2, 0.25) is 0 Å². The summed E-state index contributed by atoms with van der Waals surface area (Å²) in [7, 11) is 0. The van der Waals surface area contributed by atoms with Crippen LogP contribution in [0.25, 0.3) is 22.7 Å². The molecule has 0 spiro atoms. The largest absolute Gasteiger partial charge is 0.310 e. The number of benzene rings is 2. The molecule has 5 rings (SSSR count). The second-order valence-corrected chi connectivity index (χ2v) is 9.55. The van der Waals surface area contributed by atoms with Gasteiger partial charge in [-0.15, -0.1) is 11.8 Å². The van der Waals surface area contributed by atoms with Crippen LogP contribution in [-0.2, 0) is 10.5 Å². The Labute approximate surface area is 211 Å². The van der Waals surface area contributed by atoms with Crippen molar-refractivity contribution in [2.24, 2.45) is 0 Å². The quantitative estimate of drug-likeness (QED) is 0.349. The number of H-pyrrole nitrogens is 1. The fourth-order valence-corrected chi connectivity index (χ4v) is 4.61. The highest BCUT2D eigenvalue weighted by Crippen LogP contribution is 2.20. The highest BCUT2D eigenvalue weighted by Gasteiger charge is 2.17. The second kappa shape index (κ2) is 9.82. The lowest BCUT2D eigenvalue weighted by Gasteiger charge is -2.09. The molecule has 1 amide bonds. The van der Waals surface area contributed by atoms with Gasteiger partial charge in [-0.05, 0) is 49.6 Å². The molecule has 36 heavy (non-hydrogen) atoms. The molecule has 0 radical (unpaired) electrons. The average molecular weight is 500 g/mol. The monoisotopic (exact) mass is 499 g/mol. The van der Waals surface area contributed by atoms with Crippen molar-refractivity contribution in [2.75, 3.05) is 11.1 Å². The van der Waals surface area contributed by atoms with Crippen molar-refractivity contribution in [2.45, 2.75) is 26.5 Å². The zero-order chi connectivity index (χ0) is 25.2. The van der Waals surface area contributed by atoms with E-state index in [0.29, 0.717) is 22.5 Å². The van der Waals surface area contributed by atoms with Crippen molar-refractivity contribution in [3.05, 3.63) is 93.5 Å². The molecule has 2 aromatic carbocycles. The number of hydrogen-bond donors (Lipinski definition) is 2. The van der Waals surface area contributed by atoms with E-state index in [2.05, 4.69) is 25.5 Å². The maximum absolute atomic E-state index is 12.9. The fraction of sp³-hybridized carbons (Fsp3) is 0.192. The predicted molar refractivity (Wildman–Crippen MR) is 142 cm³/mol. The van der Waals surface area contributed by atoms with Crippen LogP contribution in [0, 0.1) is 20.8 Å². The lowest BCUT2D eigenvalue weighted by molar-refractivity contribution is -0.113. The second-order valence-electron chi connectivity index (χ2n) is 8.56. The predicted octanol–water partition coefficient (Wildman–Crippen LogP) is 4.09. The van der Waals surface area contributed by atoms with Crippen molar-refractivity contribution >= 4 is 34.5 Å². The van der Waals surface area contributed by atoms with Gasteiger partial charge in [0.25, 0.3) is 5.56 Å². The number of hydrogen-bond acceptors (Lipinski definition) is 6. The number of carbonyl (C=O) groups excluding carboxylic acids is 1. The third-order valence-electron chi connectivity index (χ3n) is 5.81. The molecule has 0 fully saturated rings. The molecule has 182 valence electrons. The first-order valence-electron chi connectivity index (χ1n) is 11.4. The first kappa shape index (κ1) is 23.6. The minimum absolute atomic E-state index is 0.166. The number of carbonyl (C=O) groups is 1. The van der Waals surface area contributed by atoms with Gasteiger partial charge in [0, 0.05) is 11.8 Å². The van der Waals surface area contributed by atoms with E-state index in [1.807, 2.05) is 69.3 Å². The molecule has 0 aliphatic carbocycles. The molecular weight excluding hydrogens is 474 g/mol. The summed E-state index contributed by atoms with van der Waals surface area (Å²) >= 11 is 1.52. The molecule has 0 saturated carbocycles. The van der Waals surface area contributed by atoms with E-state index in [-0.39, 0.29) is 23.2 Å². The first-order valence-corrected chi connectivity index (χ1v) is 12.6. The third kappa shape index (κ3) is 4.80. The van der Waals surface area contributed by atoms with Gasteiger partial charge in [0.2, 0.25) is 11.9 Å². The van der Waals surface area contributed by atoms with Gasteiger partial charge in [-0.25, -0.2) is 4.68 Å². The van der Waals surface area contributed by atoms with Gasteiger partial charge in [-0.3, -0.25) is 14.6 Å². The Balaban J connectivity index is 1.42. The van der Waals surface area contributed by atoms with Crippen molar-refractivity contribution in [1.29, 1.82) is 0 Å². The smallest absolute Gasteiger partial charge is 0.263 e. The minimum Gasteiger partial charge on any atom is -0.310 e. The SMILES string of the molecule is Cc1cc(NC(=O)CSCc2ccccc2)n(-c2nc3c(cnn3-c3ccc(C)c(C)c3)c(=O)[nH]2)n1. The molecule has 5 aromatic rings. The maximum Gasteiger partial charge on any atom is 0.263 e. The van der Waals surface area contributed by atoms with Gasteiger partial charge in [0.1, 0.15) is 11.2 Å². The molecule has 9 nitrogen and oxygen atoms in total. The summed E-state index contributed by atoms with van der Waals surface area (Å²) in [6, 6.07) is 17.7. The van der Waals surface area contributed by atoms with Gasteiger partial charge < -0.3 is 5.32 Å². The lowest BCUT2D eigenvalue weighted by atomic mass is 10.1. The zero-order valence-electron chi connectivity index (χ0n) is 20.1. The molecule has 0 atom stereocenters. The summed E-state index contributed by atoms with van der Waals surface area (Å²) in [6.45, 7) is 5.87. The topological polar surface area (TPSA) is 110 Å². The third-order valence-corrected chi connectivity index (χ3v) is 6.81. The van der Waals surface area contributed by atoms with Crippen LogP contribution in [0.15, 0.2) is 65.6 Å². The Kier molecular flexibility index (Phi) is 6.43. The van der Waals surface area contributed by atoms with Crippen molar-refractivity contribution in [3.63, 3.8) is 0 Å². The lowest BCUT2D eigenvalue weighted by Crippen LogP contribution is -2.20. The summed E-state index contributed by atoms with van der Waals surface area (Å²) in [5, 5.41) is 12.1. The molecule has 0 aliphatic heterocycles. The van der Waals surface area contributed by atoms with E-state index in [4.69, 9.17) is 0 Å². The van der Waals surface area contributed by atoms with E-state index < -0.39 is 0 Å². The van der Waals surface area contributed by atoms with Crippen molar-refractivity contribution < 1.29 is 4.79 Å². The number of nitrogens with zero attached hydrogens (tertiary/aromatic N) is 5. The van der Waals surface area contributed by atoms with Crippen molar-refractivity contribution in [3.8, 4) is 11.6 Å². The highest BCUT2D eigenvalue weighted by atomic mass is 32.2. The molecule has 3 heterocycles. The van der Waals surface area contributed by atoms with Gasteiger partial charge in [-0.2, -0.15) is 19.9 Å². The Morgan fingerprint density at radius 1 is 1.03 bits per heavy atom. The number of aryl methyl sites for hydroxylation is 3. The molecule has 0 unspecified atom stereocenters. The molecule has 0 bridgehead atoms. The normalized spacial score (nSPS) is 11.2. The standard InChI is InChI=1S/C26H25N7O2S/c1-16-9-10-20(11-17(16)2)32-24-21(13-27-32)25(35)30-26(29-24)33-22(12-18(3)31-33)28-23(34)15-36-14-19-7-5-4-6-8-19/h4-13H,14-15H2,1-3H3,(H,28,34)(H,29,30,35). The average Bonchev–Trinajstić information content (AvgIpc) is 3.45. The number of nitrogens with one attached hydrogen (secondary N) is 2. The van der Waals surface area contributed by atoms with E-state index in [0.717, 1.165) is 28.1 Å². The summed E-state index contributed by atoms with van der Waals surface area (Å²) < 4.78 is 3.07. The number of anilines is 1. The maximum atomic E-state index is 12.9. The van der Waals surface area contributed by atoms with Crippen molar-refractivity contribution in [1.82, 2.24) is 29.5 Å². The van der Waals surface area contributed by atoms with Gasteiger partial charge in [-0.1, -0.05) is 36.4 Å². The van der Waals surface area contributed by atoms with E-state index >= 15 is 0 Å². The van der Waals surface area contributed by atoms with E-state index in [1.165, 1.54) is 22.6 Å².